The SMILES string of the molecule is CC1CCC(C(C)C)(N([O-])[N+](=O)C2(C(C)C)CCC(C)CC2=O)C(=O)C1. The second kappa shape index (κ2) is 7.37. The van der Waals surface area contributed by atoms with Crippen molar-refractivity contribution in [2.75, 3.05) is 0 Å². The maximum absolute atomic E-state index is 13.4. The van der Waals surface area contributed by atoms with Crippen LogP contribution in [0.15, 0.2) is 0 Å². The predicted octanol–water partition coefficient (Wildman–Crippen LogP) is 4.05. The molecule has 4 unspecified atom stereocenters. The van der Waals surface area contributed by atoms with E-state index < -0.39 is 11.1 Å². The van der Waals surface area contributed by atoms with Crippen LogP contribution in [0.25, 0.3) is 0 Å². The van der Waals surface area contributed by atoms with Gasteiger partial charge in [-0.05, 0) is 37.0 Å². The van der Waals surface area contributed by atoms with Crippen molar-refractivity contribution >= 4 is 11.6 Å². The van der Waals surface area contributed by atoms with Crippen molar-refractivity contribution in [2.45, 2.75) is 91.1 Å². The van der Waals surface area contributed by atoms with Crippen LogP contribution in [-0.2, 0) is 9.59 Å². The average molecular weight is 367 g/mol. The molecular weight excluding hydrogens is 332 g/mol. The monoisotopic (exact) mass is 366 g/mol. The molecule has 6 heteroatoms. The van der Waals surface area contributed by atoms with Crippen LogP contribution < -0.4 is 0 Å². The third-order valence-corrected chi connectivity index (χ3v) is 6.83. The van der Waals surface area contributed by atoms with Crippen LogP contribution in [0.4, 0.5) is 0 Å². The van der Waals surface area contributed by atoms with Crippen LogP contribution in [0.3, 0.4) is 0 Å². The minimum atomic E-state index is -1.36. The van der Waals surface area contributed by atoms with Crippen molar-refractivity contribution in [3.8, 4) is 0 Å². The number of nitroso groups, excluding NO2 is 1. The summed E-state index contributed by atoms with van der Waals surface area (Å²) in [5, 5.41) is 13.7. The van der Waals surface area contributed by atoms with Gasteiger partial charge >= 0.3 is 5.54 Å². The van der Waals surface area contributed by atoms with Gasteiger partial charge in [0.1, 0.15) is 10.4 Å². The number of rotatable bonds is 5. The van der Waals surface area contributed by atoms with Crippen LogP contribution in [0, 0.1) is 33.8 Å². The molecule has 0 spiro atoms. The highest BCUT2D eigenvalue weighted by atomic mass is 16.6. The van der Waals surface area contributed by atoms with Crippen molar-refractivity contribution in [3.63, 3.8) is 0 Å². The average Bonchev–Trinajstić information content (AvgIpc) is 2.53. The van der Waals surface area contributed by atoms with E-state index in [-0.39, 0.29) is 35.2 Å². The second-order valence-corrected chi connectivity index (χ2v) is 9.25. The summed E-state index contributed by atoms with van der Waals surface area (Å²) in [7, 11) is 0. The molecule has 0 heterocycles. The molecule has 0 N–H and O–H groups in total. The van der Waals surface area contributed by atoms with Gasteiger partial charge in [0, 0.05) is 25.2 Å². The molecule has 0 saturated heterocycles. The molecule has 148 valence electrons. The quantitative estimate of drug-likeness (QED) is 0.542. The summed E-state index contributed by atoms with van der Waals surface area (Å²) in [4.78, 5) is 39.6. The molecule has 2 aliphatic carbocycles. The number of hydrazine groups is 1. The molecule has 0 aromatic rings. The van der Waals surface area contributed by atoms with E-state index in [4.69, 9.17) is 0 Å². The molecular formula is C20H34N2O4. The Labute approximate surface area is 156 Å². The molecule has 0 amide bonds. The Hall–Kier alpha value is -1.30. The normalized spacial score (nSPS) is 35.9. The summed E-state index contributed by atoms with van der Waals surface area (Å²) in [6.45, 7) is 11.3. The van der Waals surface area contributed by atoms with Crippen LogP contribution in [0.1, 0.15) is 80.1 Å². The molecule has 0 aliphatic heterocycles. The lowest BCUT2D eigenvalue weighted by molar-refractivity contribution is -0.761. The number of carbonyl (C=O) groups excluding carboxylic acids is 2. The molecule has 4 atom stereocenters. The lowest BCUT2D eigenvalue weighted by Gasteiger charge is -2.49. The van der Waals surface area contributed by atoms with Crippen molar-refractivity contribution in [1.82, 2.24) is 5.17 Å². The standard InChI is InChI=1S/C20H34N2O4/c1-13(2)19(9-7-15(5)11-17(19)23)21(25)22(26)20(14(3)4)10-8-16(6)12-18(20)24/h13-16H,7-12H2,1-6H3. The van der Waals surface area contributed by atoms with E-state index in [2.05, 4.69) is 0 Å². The van der Waals surface area contributed by atoms with Gasteiger partial charge in [-0.2, -0.15) is 5.17 Å². The summed E-state index contributed by atoms with van der Waals surface area (Å²) in [6.07, 6.45) is 2.82. The Balaban J connectivity index is 2.44. The first-order valence-electron chi connectivity index (χ1n) is 10.0. The molecule has 2 saturated carbocycles. The zero-order chi connectivity index (χ0) is 19.9. The fourth-order valence-corrected chi connectivity index (χ4v) is 4.79. The van der Waals surface area contributed by atoms with Gasteiger partial charge in [-0.15, -0.1) is 0 Å². The zero-order valence-corrected chi connectivity index (χ0v) is 17.1. The topological polar surface area (TPSA) is 80.5 Å². The van der Waals surface area contributed by atoms with Crippen LogP contribution in [-0.4, -0.2) is 32.7 Å². The zero-order valence-electron chi connectivity index (χ0n) is 17.1. The van der Waals surface area contributed by atoms with Crippen molar-refractivity contribution in [2.24, 2.45) is 23.7 Å². The van der Waals surface area contributed by atoms with Gasteiger partial charge in [-0.3, -0.25) is 9.59 Å². The van der Waals surface area contributed by atoms with Crippen LogP contribution in [0.2, 0.25) is 0 Å². The number of ketones is 2. The summed E-state index contributed by atoms with van der Waals surface area (Å²) < 4.78 is 0. The number of hydrogen-bond donors (Lipinski definition) is 0. The molecule has 0 radical (unpaired) electrons. The number of Topliss-reactive ketones (excluding diaryl/α,β-unsaturated/α-hetero) is 2. The fraction of sp³-hybridized carbons (Fsp3) is 0.900. The smallest absolute Gasteiger partial charge is 0.301 e. The molecule has 2 fully saturated rings. The van der Waals surface area contributed by atoms with Crippen molar-refractivity contribution in [3.05, 3.63) is 10.1 Å². The van der Waals surface area contributed by atoms with Gasteiger partial charge in [0.15, 0.2) is 5.78 Å². The van der Waals surface area contributed by atoms with E-state index in [1.165, 1.54) is 0 Å². The van der Waals surface area contributed by atoms with Gasteiger partial charge in [-0.25, -0.2) is 0 Å². The van der Waals surface area contributed by atoms with Crippen LogP contribution in [0.5, 0.6) is 0 Å². The maximum Gasteiger partial charge on any atom is 0.301 e. The van der Waals surface area contributed by atoms with E-state index in [9.17, 15) is 19.7 Å². The van der Waals surface area contributed by atoms with E-state index in [0.717, 1.165) is 12.8 Å². The summed E-state index contributed by atoms with van der Waals surface area (Å²) in [5.74, 6) is -0.481. The Bertz CT molecular complexity index is 588. The van der Waals surface area contributed by atoms with Gasteiger partial charge in [0.2, 0.25) is 5.78 Å². The van der Waals surface area contributed by atoms with Crippen LogP contribution >= 0.6 is 0 Å². The third-order valence-electron chi connectivity index (χ3n) is 6.83. The molecule has 0 aromatic carbocycles. The summed E-state index contributed by atoms with van der Waals surface area (Å²) >= 11 is 0. The first kappa shape index (κ1) is 21.0. The molecule has 0 aromatic heterocycles. The first-order valence-corrected chi connectivity index (χ1v) is 10.0. The summed E-state index contributed by atoms with van der Waals surface area (Å²) in [5.41, 5.74) is -2.72. The molecule has 26 heavy (non-hydrogen) atoms. The lowest BCUT2D eigenvalue weighted by atomic mass is 9.69. The highest BCUT2D eigenvalue weighted by Crippen LogP contribution is 2.43. The van der Waals surface area contributed by atoms with E-state index in [1.807, 2.05) is 41.5 Å². The third kappa shape index (κ3) is 3.10. The molecule has 2 rings (SSSR count). The van der Waals surface area contributed by atoms with E-state index >= 15 is 0 Å². The predicted molar refractivity (Wildman–Crippen MR) is 100 cm³/mol. The van der Waals surface area contributed by atoms with Gasteiger partial charge in [0.25, 0.3) is 0 Å². The Morgan fingerprint density at radius 1 is 0.962 bits per heavy atom. The first-order chi connectivity index (χ1) is 12.0. The Morgan fingerprint density at radius 3 is 1.88 bits per heavy atom. The maximum atomic E-state index is 13.4. The van der Waals surface area contributed by atoms with Crippen molar-refractivity contribution in [1.29, 1.82) is 0 Å². The number of hydrogen-bond acceptors (Lipinski definition) is 4. The highest BCUT2D eigenvalue weighted by Gasteiger charge is 2.62. The molecule has 0 bridgehead atoms. The van der Waals surface area contributed by atoms with E-state index in [1.54, 1.807) is 0 Å². The van der Waals surface area contributed by atoms with E-state index in [0.29, 0.717) is 35.7 Å². The Morgan fingerprint density at radius 2 is 1.46 bits per heavy atom. The molecule has 6 nitrogen and oxygen atoms in total. The lowest BCUT2D eigenvalue weighted by Crippen LogP contribution is -2.67. The largest absolute Gasteiger partial charge is 0.703 e. The fourth-order valence-electron chi connectivity index (χ4n) is 4.79. The minimum absolute atomic E-state index is 0.169. The van der Waals surface area contributed by atoms with Gasteiger partial charge in [-0.1, -0.05) is 41.5 Å². The minimum Gasteiger partial charge on any atom is -0.703 e. The number of nitrogens with zero attached hydrogens (tertiary/aromatic N) is 2. The van der Waals surface area contributed by atoms with Gasteiger partial charge in [0.05, 0.1) is 4.91 Å². The highest BCUT2D eigenvalue weighted by molar-refractivity contribution is 5.90. The molecule has 2 aliphatic rings. The second-order valence-electron chi connectivity index (χ2n) is 9.25. The van der Waals surface area contributed by atoms with Gasteiger partial charge < -0.3 is 5.21 Å². The number of carbonyl (C=O) groups is 2. The van der Waals surface area contributed by atoms with Crippen molar-refractivity contribution < 1.29 is 14.5 Å². The Kier molecular flexibility index (Phi) is 5.96. The number of hydroxylamine groups is 1. The summed E-state index contributed by atoms with van der Waals surface area (Å²) in [6, 6.07) is 0.